The summed E-state index contributed by atoms with van der Waals surface area (Å²) in [4.78, 5) is 14.4. The van der Waals surface area contributed by atoms with Crippen molar-refractivity contribution in [1.82, 2.24) is 23.8 Å². The summed E-state index contributed by atoms with van der Waals surface area (Å²) in [5.41, 5.74) is 21.1. The maximum absolute atomic E-state index is 4.82. The van der Waals surface area contributed by atoms with Crippen molar-refractivity contribution in [2.24, 2.45) is 0 Å². The number of hydrogen-bond donors (Lipinski definition) is 0. The van der Waals surface area contributed by atoms with Crippen LogP contribution in [0.3, 0.4) is 0 Å². The standard InChI is InChI=1S/C63H49N5/c1-42-40-67-32-29-51-35-44(19-26-56(51)62(67)65-42)15-17-46-34-47(18-16-45-20-27-57-52(36-45)30-33-68-41-43(2)66-63(57)68)38-54(37-46)55-12-6-7-13-58(55)59-28-25-53(61-14-8-9-31-64-61)39-60(59)50-23-21-49(22-24-50)48-10-4-3-5-11-48/h3-14,19-41H,15-18H2,1-2H3. The van der Waals surface area contributed by atoms with Crippen molar-refractivity contribution >= 4 is 32.8 Å². The zero-order chi connectivity index (χ0) is 45.6. The van der Waals surface area contributed by atoms with Gasteiger partial charge in [-0.3, -0.25) is 4.98 Å². The second-order valence-corrected chi connectivity index (χ2v) is 18.2. The van der Waals surface area contributed by atoms with Crippen molar-refractivity contribution in [2.45, 2.75) is 39.5 Å². The van der Waals surface area contributed by atoms with Crippen molar-refractivity contribution in [3.8, 4) is 55.8 Å². The second-order valence-electron chi connectivity index (χ2n) is 18.2. The molecule has 5 nitrogen and oxygen atoms in total. The topological polar surface area (TPSA) is 47.5 Å². The van der Waals surface area contributed by atoms with E-state index in [0.717, 1.165) is 59.6 Å². The molecule has 5 heterocycles. The molecule has 12 rings (SSSR count). The lowest BCUT2D eigenvalue weighted by Crippen LogP contribution is -1.98. The van der Waals surface area contributed by atoms with Gasteiger partial charge in [-0.2, -0.15) is 0 Å². The molecule has 0 amide bonds. The molecule has 326 valence electrons. The molecule has 0 unspecified atom stereocenters. The van der Waals surface area contributed by atoms with E-state index in [1.165, 1.54) is 88.3 Å². The van der Waals surface area contributed by atoms with Crippen molar-refractivity contribution < 1.29 is 0 Å². The molecule has 68 heavy (non-hydrogen) atoms. The van der Waals surface area contributed by atoms with Crippen LogP contribution >= 0.6 is 0 Å². The Kier molecular flexibility index (Phi) is 10.5. The molecule has 0 aliphatic heterocycles. The van der Waals surface area contributed by atoms with Crippen LogP contribution in [0.25, 0.3) is 88.6 Å². The molecule has 0 N–H and O–H groups in total. The summed E-state index contributed by atoms with van der Waals surface area (Å²) in [6.45, 7) is 4.11. The van der Waals surface area contributed by atoms with Gasteiger partial charge in [-0.15, -0.1) is 0 Å². The lowest BCUT2D eigenvalue weighted by Gasteiger charge is -2.18. The summed E-state index contributed by atoms with van der Waals surface area (Å²) < 4.78 is 4.25. The van der Waals surface area contributed by atoms with Crippen LogP contribution in [-0.4, -0.2) is 23.8 Å². The van der Waals surface area contributed by atoms with Crippen LogP contribution < -0.4 is 0 Å². The minimum absolute atomic E-state index is 0.923. The predicted molar refractivity (Wildman–Crippen MR) is 281 cm³/mol. The van der Waals surface area contributed by atoms with Crippen LogP contribution in [0.1, 0.15) is 33.6 Å². The van der Waals surface area contributed by atoms with Crippen LogP contribution in [0, 0.1) is 13.8 Å². The average Bonchev–Trinajstić information content (AvgIpc) is 3.99. The van der Waals surface area contributed by atoms with E-state index in [9.17, 15) is 0 Å². The van der Waals surface area contributed by atoms with Gasteiger partial charge in [0.05, 0.1) is 17.1 Å². The molecule has 0 fully saturated rings. The first-order chi connectivity index (χ1) is 33.5. The van der Waals surface area contributed by atoms with Gasteiger partial charge >= 0.3 is 0 Å². The van der Waals surface area contributed by atoms with Crippen LogP contribution in [0.4, 0.5) is 0 Å². The SMILES string of the molecule is Cc1cn2ccc3cc(CCc4cc(CCc5ccc6c(ccn7cc(C)nc67)c5)cc(-c5ccccc5-c5ccc(-c6ccccn6)cc5-c5ccc(-c6ccccc6)cc5)c4)ccc3c2n1. The maximum Gasteiger partial charge on any atom is 0.144 e. The monoisotopic (exact) mass is 875 g/mol. The Labute approximate surface area is 396 Å². The molecular formula is C63H49N5. The summed E-state index contributed by atoms with van der Waals surface area (Å²) in [6.07, 6.45) is 14.0. The number of pyridine rings is 3. The Hall–Kier alpha value is -8.41. The molecule has 0 atom stereocenters. The van der Waals surface area contributed by atoms with Gasteiger partial charge in [0.15, 0.2) is 0 Å². The van der Waals surface area contributed by atoms with Crippen molar-refractivity contribution in [2.75, 3.05) is 0 Å². The lowest BCUT2D eigenvalue weighted by molar-refractivity contribution is 0.933. The highest BCUT2D eigenvalue weighted by Crippen LogP contribution is 2.41. The summed E-state index contributed by atoms with van der Waals surface area (Å²) in [5, 5.41) is 4.82. The van der Waals surface area contributed by atoms with E-state index in [1.807, 2.05) is 12.3 Å². The van der Waals surface area contributed by atoms with Crippen molar-refractivity contribution in [3.63, 3.8) is 0 Å². The number of hydrogen-bond acceptors (Lipinski definition) is 3. The molecule has 0 aliphatic rings. The normalized spacial score (nSPS) is 11.6. The lowest BCUT2D eigenvalue weighted by atomic mass is 9.86. The Balaban J connectivity index is 0.930. The smallest absolute Gasteiger partial charge is 0.144 e. The molecule has 0 spiro atoms. The van der Waals surface area contributed by atoms with E-state index in [1.54, 1.807) is 0 Å². The minimum Gasteiger partial charge on any atom is -0.306 e. The van der Waals surface area contributed by atoms with Gasteiger partial charge in [0.25, 0.3) is 0 Å². The van der Waals surface area contributed by atoms with Gasteiger partial charge in [0, 0.05) is 47.3 Å². The van der Waals surface area contributed by atoms with Gasteiger partial charge < -0.3 is 8.80 Å². The molecule has 5 heteroatoms. The van der Waals surface area contributed by atoms with Crippen LogP contribution in [0.15, 0.2) is 213 Å². The Bertz CT molecular complexity index is 3660. The molecule has 7 aromatic carbocycles. The fraction of sp³-hybridized carbons (Fsp3) is 0.0952. The van der Waals surface area contributed by atoms with E-state index < -0.39 is 0 Å². The zero-order valence-electron chi connectivity index (χ0n) is 38.3. The van der Waals surface area contributed by atoms with E-state index >= 15 is 0 Å². The summed E-state index contributed by atoms with van der Waals surface area (Å²) >= 11 is 0. The average molecular weight is 876 g/mol. The van der Waals surface area contributed by atoms with E-state index in [-0.39, 0.29) is 0 Å². The van der Waals surface area contributed by atoms with Gasteiger partial charge in [-0.05, 0) is 147 Å². The van der Waals surface area contributed by atoms with Crippen LogP contribution in [-0.2, 0) is 25.7 Å². The summed E-state index contributed by atoms with van der Waals surface area (Å²) in [7, 11) is 0. The Morgan fingerprint density at radius 3 is 1.51 bits per heavy atom. The highest BCUT2D eigenvalue weighted by molar-refractivity contribution is 5.96. The quantitative estimate of drug-likeness (QED) is 0.130. The first-order valence-corrected chi connectivity index (χ1v) is 23.6. The fourth-order valence-electron chi connectivity index (χ4n) is 10.1. The maximum atomic E-state index is 4.82. The van der Waals surface area contributed by atoms with Crippen LogP contribution in [0.2, 0.25) is 0 Å². The van der Waals surface area contributed by atoms with E-state index in [4.69, 9.17) is 15.0 Å². The summed E-state index contributed by atoms with van der Waals surface area (Å²) in [5.74, 6) is 0. The first kappa shape index (κ1) is 41.1. The zero-order valence-corrected chi connectivity index (χ0v) is 38.3. The number of aryl methyl sites for hydroxylation is 6. The third kappa shape index (κ3) is 8.03. The Morgan fingerprint density at radius 2 is 0.897 bits per heavy atom. The second kappa shape index (κ2) is 17.4. The van der Waals surface area contributed by atoms with Gasteiger partial charge in [0.1, 0.15) is 11.3 Å². The fourth-order valence-corrected chi connectivity index (χ4v) is 10.1. The van der Waals surface area contributed by atoms with E-state index in [2.05, 4.69) is 223 Å². The van der Waals surface area contributed by atoms with Crippen molar-refractivity contribution in [3.05, 3.63) is 247 Å². The predicted octanol–water partition coefficient (Wildman–Crippen LogP) is 15.2. The van der Waals surface area contributed by atoms with E-state index in [0.29, 0.717) is 0 Å². The third-order valence-corrected chi connectivity index (χ3v) is 13.5. The number of fused-ring (bicyclic) bond motifs is 6. The largest absolute Gasteiger partial charge is 0.306 e. The molecular weight excluding hydrogens is 827 g/mol. The number of nitrogens with zero attached hydrogens (tertiary/aromatic N) is 5. The number of aromatic nitrogens is 5. The molecule has 12 aromatic rings. The minimum atomic E-state index is 0.923. The number of benzene rings is 7. The molecule has 0 radical (unpaired) electrons. The number of imidazole rings is 2. The highest BCUT2D eigenvalue weighted by atomic mass is 15.0. The van der Waals surface area contributed by atoms with Gasteiger partial charge in [-0.1, -0.05) is 152 Å². The van der Waals surface area contributed by atoms with Gasteiger partial charge in [0.2, 0.25) is 0 Å². The number of rotatable bonds is 11. The Morgan fingerprint density at radius 1 is 0.368 bits per heavy atom. The summed E-state index contributed by atoms with van der Waals surface area (Å²) in [6, 6.07) is 67.0. The van der Waals surface area contributed by atoms with Crippen molar-refractivity contribution in [1.29, 1.82) is 0 Å². The molecule has 0 aliphatic carbocycles. The van der Waals surface area contributed by atoms with Gasteiger partial charge in [-0.25, -0.2) is 9.97 Å². The third-order valence-electron chi connectivity index (χ3n) is 13.5. The van der Waals surface area contributed by atoms with Crippen LogP contribution in [0.5, 0.6) is 0 Å². The molecule has 0 saturated heterocycles. The molecule has 0 saturated carbocycles. The highest BCUT2D eigenvalue weighted by Gasteiger charge is 2.17. The molecule has 0 bridgehead atoms. The first-order valence-electron chi connectivity index (χ1n) is 23.6. The molecule has 5 aromatic heterocycles.